The number of aliphatic hydroxyl groups is 1. The minimum atomic E-state index is -5.75. The molecule has 2 aromatic carbocycles. The third-order valence-electron chi connectivity index (χ3n) is 6.95. The number of hydrogen-bond donors (Lipinski definition) is 1. The van der Waals surface area contributed by atoms with E-state index in [1.54, 1.807) is 12.1 Å². The molecule has 1 aliphatic rings. The molecule has 0 atom stereocenters. The number of benzene rings is 2. The van der Waals surface area contributed by atoms with Gasteiger partial charge < -0.3 is 9.29 Å². The predicted molar refractivity (Wildman–Crippen MR) is 138 cm³/mol. The predicted octanol–water partition coefficient (Wildman–Crippen LogP) is 6.25. The fourth-order valence-corrected chi connectivity index (χ4v) is 6.24. The van der Waals surface area contributed by atoms with Crippen molar-refractivity contribution in [1.29, 1.82) is 0 Å². The summed E-state index contributed by atoms with van der Waals surface area (Å²) >= 11 is 1.82. The Bertz CT molecular complexity index is 1260. The van der Waals surface area contributed by atoms with Gasteiger partial charge in [0.15, 0.2) is 0 Å². The Morgan fingerprint density at radius 1 is 1.00 bits per heavy atom. The highest BCUT2D eigenvalue weighted by Gasteiger charge is 2.48. The molecule has 196 valence electrons. The topological polar surface area (TPSA) is 63.6 Å². The maximum atomic E-state index is 12.8. The van der Waals surface area contributed by atoms with Crippen LogP contribution in [0.5, 0.6) is 5.75 Å². The molecule has 3 rings (SSSR count). The Morgan fingerprint density at radius 2 is 1.56 bits per heavy atom. The fraction of sp³-hybridized carbons (Fsp3) is 0.481. The van der Waals surface area contributed by atoms with Gasteiger partial charge in [-0.15, -0.1) is 0 Å². The van der Waals surface area contributed by atoms with Crippen molar-refractivity contribution in [2.75, 3.05) is 11.5 Å². The van der Waals surface area contributed by atoms with E-state index in [4.69, 9.17) is 0 Å². The largest absolute Gasteiger partial charge is 0.534 e. The molecule has 0 radical (unpaired) electrons. The number of rotatable bonds is 6. The lowest BCUT2D eigenvalue weighted by Crippen LogP contribution is -2.31. The second-order valence-electron chi connectivity index (χ2n) is 9.18. The summed E-state index contributed by atoms with van der Waals surface area (Å²) in [6.07, 6.45) is 2.73. The van der Waals surface area contributed by atoms with Gasteiger partial charge in [-0.3, -0.25) is 0 Å². The van der Waals surface area contributed by atoms with E-state index < -0.39 is 26.6 Å². The van der Waals surface area contributed by atoms with Crippen molar-refractivity contribution in [3.8, 4) is 17.6 Å². The maximum absolute atomic E-state index is 12.8. The fourth-order valence-electron chi connectivity index (χ4n) is 4.56. The zero-order chi connectivity index (χ0) is 26.8. The van der Waals surface area contributed by atoms with Crippen LogP contribution in [0, 0.1) is 25.7 Å². The van der Waals surface area contributed by atoms with Crippen LogP contribution >= 0.6 is 11.8 Å². The van der Waals surface area contributed by atoms with Crippen molar-refractivity contribution >= 4 is 21.9 Å². The quantitative estimate of drug-likeness (QED) is 0.267. The average Bonchev–Trinajstić information content (AvgIpc) is 2.81. The van der Waals surface area contributed by atoms with Crippen LogP contribution in [0.25, 0.3) is 0 Å². The average molecular weight is 541 g/mol. The molecule has 1 aliphatic heterocycles. The van der Waals surface area contributed by atoms with Gasteiger partial charge >= 0.3 is 15.6 Å². The third-order valence-corrected chi connectivity index (χ3v) is 8.90. The van der Waals surface area contributed by atoms with E-state index in [1.165, 1.54) is 13.0 Å². The molecule has 2 aromatic rings. The monoisotopic (exact) mass is 540 g/mol. The lowest BCUT2D eigenvalue weighted by molar-refractivity contribution is -0.0500. The Labute approximate surface area is 215 Å². The number of halogens is 3. The maximum Gasteiger partial charge on any atom is 0.534 e. The number of aryl methyl sites for hydroxylation is 2. The summed E-state index contributed by atoms with van der Waals surface area (Å²) in [6.45, 7) is 7.57. The molecule has 1 fully saturated rings. The summed E-state index contributed by atoms with van der Waals surface area (Å²) in [5, 5.41) is 10.7. The van der Waals surface area contributed by atoms with Gasteiger partial charge in [0.1, 0.15) is 11.4 Å². The Morgan fingerprint density at radius 3 is 2.06 bits per heavy atom. The number of thioether (sulfide) groups is 1. The van der Waals surface area contributed by atoms with Crippen LogP contribution in [0.2, 0.25) is 0 Å². The Hall–Kier alpha value is -2.15. The second kappa shape index (κ2) is 10.7. The molecule has 1 saturated heterocycles. The highest BCUT2D eigenvalue weighted by molar-refractivity contribution is 7.99. The van der Waals surface area contributed by atoms with Gasteiger partial charge in [-0.1, -0.05) is 50.0 Å². The van der Waals surface area contributed by atoms with Crippen molar-refractivity contribution in [2.24, 2.45) is 0 Å². The van der Waals surface area contributed by atoms with Gasteiger partial charge in [0.2, 0.25) is 0 Å². The minimum absolute atomic E-state index is 0.296. The summed E-state index contributed by atoms with van der Waals surface area (Å²) in [4.78, 5) is 0. The summed E-state index contributed by atoms with van der Waals surface area (Å²) in [7, 11) is -5.75. The van der Waals surface area contributed by atoms with Crippen molar-refractivity contribution in [1.82, 2.24) is 0 Å². The summed E-state index contributed by atoms with van der Waals surface area (Å²) in [6, 6.07) is 10.6. The normalized spacial score (nSPS) is 16.2. The summed E-state index contributed by atoms with van der Waals surface area (Å²) in [5.74, 6) is 7.66. The van der Waals surface area contributed by atoms with Crippen molar-refractivity contribution in [3.63, 3.8) is 0 Å². The molecule has 0 aromatic heterocycles. The van der Waals surface area contributed by atoms with E-state index in [0.717, 1.165) is 33.8 Å². The van der Waals surface area contributed by atoms with E-state index in [9.17, 15) is 26.7 Å². The number of hydrogen-bond acceptors (Lipinski definition) is 5. The van der Waals surface area contributed by atoms with Crippen molar-refractivity contribution < 1.29 is 30.9 Å². The molecule has 4 nitrogen and oxygen atoms in total. The van der Waals surface area contributed by atoms with Gasteiger partial charge in [0, 0.05) is 11.0 Å². The molecule has 0 bridgehead atoms. The summed E-state index contributed by atoms with van der Waals surface area (Å²) < 4.78 is 65.6. The first-order valence-electron chi connectivity index (χ1n) is 11.8. The van der Waals surface area contributed by atoms with Crippen molar-refractivity contribution in [2.45, 2.75) is 69.9 Å². The molecule has 9 heteroatoms. The van der Waals surface area contributed by atoms with Gasteiger partial charge in [-0.05, 0) is 85.4 Å². The van der Waals surface area contributed by atoms with Gasteiger partial charge in [-0.2, -0.15) is 33.4 Å². The zero-order valence-electron chi connectivity index (χ0n) is 20.8. The molecule has 0 amide bonds. The SMILES string of the molecule is CCC(CC)(c1ccc(C#CC2(O)CCSCC2)c(C)c1)c1ccc(OS(=O)(=O)C(F)(F)F)c(C)c1. The zero-order valence-corrected chi connectivity index (χ0v) is 22.5. The second-order valence-corrected chi connectivity index (χ2v) is 11.9. The van der Waals surface area contributed by atoms with E-state index in [-0.39, 0.29) is 5.75 Å². The molecule has 1 heterocycles. The first-order valence-corrected chi connectivity index (χ1v) is 14.4. The van der Waals surface area contributed by atoms with Crippen LogP contribution in [0.4, 0.5) is 13.2 Å². The smallest absolute Gasteiger partial charge is 0.378 e. The molecule has 1 N–H and O–H groups in total. The molecule has 0 aliphatic carbocycles. The van der Waals surface area contributed by atoms with Gasteiger partial charge in [0.05, 0.1) is 0 Å². The molecule has 0 unspecified atom stereocenters. The molecule has 0 saturated carbocycles. The lowest BCUT2D eigenvalue weighted by atomic mass is 9.70. The molecule has 36 heavy (non-hydrogen) atoms. The molecule has 0 spiro atoms. The van der Waals surface area contributed by atoms with Gasteiger partial charge in [-0.25, -0.2) is 0 Å². The third kappa shape index (κ3) is 5.87. The van der Waals surface area contributed by atoms with Crippen LogP contribution in [0.3, 0.4) is 0 Å². The van der Waals surface area contributed by atoms with E-state index in [1.807, 2.05) is 44.7 Å². The highest BCUT2D eigenvalue weighted by Crippen LogP contribution is 2.41. The van der Waals surface area contributed by atoms with Crippen LogP contribution in [-0.4, -0.2) is 36.1 Å². The summed E-state index contributed by atoms with van der Waals surface area (Å²) in [5.41, 5.74) is -2.91. The van der Waals surface area contributed by atoms with E-state index in [2.05, 4.69) is 22.1 Å². The van der Waals surface area contributed by atoms with Crippen LogP contribution in [0.15, 0.2) is 36.4 Å². The van der Waals surface area contributed by atoms with Crippen molar-refractivity contribution in [3.05, 3.63) is 64.2 Å². The van der Waals surface area contributed by atoms with Crippen LogP contribution < -0.4 is 4.18 Å². The van der Waals surface area contributed by atoms with E-state index in [0.29, 0.717) is 31.2 Å². The first kappa shape index (κ1) is 28.4. The lowest BCUT2D eigenvalue weighted by Gasteiger charge is -2.34. The van der Waals surface area contributed by atoms with Crippen LogP contribution in [-0.2, 0) is 15.5 Å². The molecular weight excluding hydrogens is 509 g/mol. The number of alkyl halides is 3. The van der Waals surface area contributed by atoms with Gasteiger partial charge in [0.25, 0.3) is 0 Å². The molecular formula is C27H31F3O4S2. The Kier molecular flexibility index (Phi) is 8.43. The highest BCUT2D eigenvalue weighted by atomic mass is 32.2. The standard InChI is InChI=1S/C27H31F3O4S2/c1-5-26(6-2,23-9-10-24(20(4)18-23)34-36(32,33)27(28,29)30)22-8-7-21(19(3)17-22)11-12-25(31)13-15-35-16-14-25/h7-10,17-18,31H,5-6,13-16H2,1-4H3. The van der Waals surface area contributed by atoms with E-state index >= 15 is 0 Å². The minimum Gasteiger partial charge on any atom is -0.378 e. The Balaban J connectivity index is 1.96. The first-order chi connectivity index (χ1) is 16.8. The van der Waals surface area contributed by atoms with Crippen LogP contribution in [0.1, 0.15) is 67.3 Å².